The lowest BCUT2D eigenvalue weighted by Gasteiger charge is -2.46. The molecule has 0 amide bonds. The van der Waals surface area contributed by atoms with Gasteiger partial charge in [-0.3, -0.25) is 4.90 Å². The van der Waals surface area contributed by atoms with Crippen LogP contribution in [-0.2, 0) is 32.5 Å². The van der Waals surface area contributed by atoms with Crippen LogP contribution in [-0.4, -0.2) is 64.1 Å². The minimum absolute atomic E-state index is 0.123. The third-order valence-electron chi connectivity index (χ3n) is 6.88. The average Bonchev–Trinajstić information content (AvgIpc) is 3.16. The average molecular weight is 478 g/mol. The summed E-state index contributed by atoms with van der Waals surface area (Å²) in [4.78, 5) is 4.07. The first kappa shape index (κ1) is 23.1. The number of para-hydroxylation sites is 1. The summed E-state index contributed by atoms with van der Waals surface area (Å²) in [6, 6.07) is 15.4. The second-order valence-electron chi connectivity index (χ2n) is 8.97. The molecule has 32 heavy (non-hydrogen) atoms. The van der Waals surface area contributed by atoms with Gasteiger partial charge in [-0.2, -0.15) is 0 Å². The van der Waals surface area contributed by atoms with E-state index in [0.29, 0.717) is 37.2 Å². The number of likely N-dealkylation sites (tertiary alicyclic amines) is 1. The van der Waals surface area contributed by atoms with Gasteiger partial charge in [0.05, 0.1) is 0 Å². The van der Waals surface area contributed by atoms with Gasteiger partial charge in [0.15, 0.2) is 19.7 Å². The van der Waals surface area contributed by atoms with E-state index in [1.807, 2.05) is 6.07 Å². The predicted octanol–water partition coefficient (Wildman–Crippen LogP) is 2.08. The van der Waals surface area contributed by atoms with E-state index in [2.05, 4.69) is 23.1 Å². The molecule has 7 nitrogen and oxygen atoms in total. The molecular formula is C23H31N3O4S2. The third-order valence-corrected chi connectivity index (χ3v) is 11.8. The molecule has 174 valence electrons. The van der Waals surface area contributed by atoms with Crippen LogP contribution >= 0.6 is 0 Å². The summed E-state index contributed by atoms with van der Waals surface area (Å²) in [5, 5.41) is 0. The molecule has 0 bridgehead atoms. The molecule has 0 atom stereocenters. The Kier molecular flexibility index (Phi) is 6.02. The fourth-order valence-electron chi connectivity index (χ4n) is 5.27. The van der Waals surface area contributed by atoms with Crippen molar-refractivity contribution in [1.29, 1.82) is 0 Å². The monoisotopic (exact) mass is 477 g/mol. The molecule has 2 N–H and O–H groups in total. The first-order chi connectivity index (χ1) is 15.0. The molecule has 9 heteroatoms. The lowest BCUT2D eigenvalue weighted by atomic mass is 10.0. The van der Waals surface area contributed by atoms with Gasteiger partial charge in [-0.25, -0.2) is 16.8 Å². The topological polar surface area (TPSA) is 101 Å². The van der Waals surface area contributed by atoms with Gasteiger partial charge in [-0.15, -0.1) is 0 Å². The smallest absolute Gasteiger partial charge is 0.229 e. The number of nitrogen functional groups attached to an aromatic ring is 1. The first-order valence-electron chi connectivity index (χ1n) is 10.9. The molecular weight excluding hydrogens is 446 g/mol. The Labute approximate surface area is 191 Å². The van der Waals surface area contributed by atoms with Crippen molar-refractivity contribution in [3.05, 3.63) is 59.7 Å². The quantitative estimate of drug-likeness (QED) is 0.636. The number of sulfone groups is 2. The van der Waals surface area contributed by atoms with Crippen molar-refractivity contribution < 1.29 is 16.8 Å². The van der Waals surface area contributed by atoms with Crippen molar-refractivity contribution >= 4 is 31.0 Å². The number of anilines is 2. The Bertz CT molecular complexity index is 1150. The maximum Gasteiger partial charge on any atom is 0.229 e. The molecule has 1 fully saturated rings. The Morgan fingerprint density at radius 3 is 2.09 bits per heavy atom. The van der Waals surface area contributed by atoms with E-state index in [9.17, 15) is 16.8 Å². The first-order valence-corrected chi connectivity index (χ1v) is 14.6. The number of rotatable bonds is 6. The van der Waals surface area contributed by atoms with Gasteiger partial charge >= 0.3 is 0 Å². The van der Waals surface area contributed by atoms with Crippen LogP contribution in [0.5, 0.6) is 0 Å². The Hall–Kier alpha value is -2.10. The molecule has 0 aromatic heterocycles. The lowest BCUT2D eigenvalue weighted by molar-refractivity contribution is 0.165. The zero-order valence-electron chi connectivity index (χ0n) is 18.6. The second kappa shape index (κ2) is 8.35. The van der Waals surface area contributed by atoms with Gasteiger partial charge in [0, 0.05) is 56.0 Å². The highest BCUT2D eigenvalue weighted by atomic mass is 32.3. The van der Waals surface area contributed by atoms with Crippen LogP contribution in [0.2, 0.25) is 0 Å². The number of piperidine rings is 1. The van der Waals surface area contributed by atoms with E-state index >= 15 is 0 Å². The van der Waals surface area contributed by atoms with E-state index in [0.717, 1.165) is 25.5 Å². The third kappa shape index (κ3) is 4.02. The van der Waals surface area contributed by atoms with E-state index in [4.69, 9.17) is 5.73 Å². The van der Waals surface area contributed by atoms with Gasteiger partial charge < -0.3 is 10.6 Å². The molecule has 2 heterocycles. The molecule has 0 spiro atoms. The molecule has 0 unspecified atom stereocenters. The molecule has 0 radical (unpaired) electrons. The number of hydrogen-bond acceptors (Lipinski definition) is 7. The normalized spacial score (nSPS) is 18.6. The summed E-state index contributed by atoms with van der Waals surface area (Å²) < 4.78 is 50.5. The van der Waals surface area contributed by atoms with Crippen molar-refractivity contribution in [3.8, 4) is 0 Å². The van der Waals surface area contributed by atoms with Crippen molar-refractivity contribution in [2.75, 3.05) is 42.8 Å². The molecule has 1 saturated heterocycles. The van der Waals surface area contributed by atoms with Crippen LogP contribution in [0.1, 0.15) is 24.0 Å². The van der Waals surface area contributed by atoms with Crippen molar-refractivity contribution in [2.24, 2.45) is 0 Å². The fraction of sp³-hybridized carbons (Fsp3) is 0.478. The summed E-state index contributed by atoms with van der Waals surface area (Å²) in [7, 11) is -7.97. The van der Waals surface area contributed by atoms with Gasteiger partial charge in [0.1, 0.15) is 0 Å². The van der Waals surface area contributed by atoms with Crippen LogP contribution < -0.4 is 10.6 Å². The molecule has 0 aliphatic carbocycles. The summed E-state index contributed by atoms with van der Waals surface area (Å²) in [6.45, 7) is 1.75. The van der Waals surface area contributed by atoms with Gasteiger partial charge in [0.25, 0.3) is 0 Å². The fourth-order valence-corrected chi connectivity index (χ4v) is 9.63. The van der Waals surface area contributed by atoms with Crippen LogP contribution in [0.15, 0.2) is 48.5 Å². The van der Waals surface area contributed by atoms with E-state index in [1.165, 1.54) is 11.3 Å². The van der Waals surface area contributed by atoms with E-state index in [1.54, 1.807) is 29.2 Å². The van der Waals surface area contributed by atoms with Gasteiger partial charge in [-0.05, 0) is 48.6 Å². The Morgan fingerprint density at radius 2 is 1.50 bits per heavy atom. The standard InChI is InChI=1S/C23H31N3O4S2/c1-31(27,28)23(32(2,29)30,17-18-7-9-20(24)10-8-18)25-14-12-21(13-15-25)26-16-11-19-5-3-4-6-22(19)26/h3-10,21H,11-17,24H2,1-2H3. The molecule has 2 aromatic carbocycles. The van der Waals surface area contributed by atoms with E-state index in [-0.39, 0.29) is 12.5 Å². The maximum atomic E-state index is 13.1. The maximum absolute atomic E-state index is 13.1. The minimum atomic E-state index is -3.98. The number of hydrogen-bond donors (Lipinski definition) is 1. The molecule has 2 aliphatic rings. The Morgan fingerprint density at radius 1 is 0.906 bits per heavy atom. The van der Waals surface area contributed by atoms with Crippen LogP contribution in [0.25, 0.3) is 0 Å². The van der Waals surface area contributed by atoms with Crippen LogP contribution in [0.4, 0.5) is 11.4 Å². The highest BCUT2D eigenvalue weighted by molar-refractivity contribution is 8.09. The lowest BCUT2D eigenvalue weighted by Crippen LogP contribution is -2.63. The second-order valence-corrected chi connectivity index (χ2v) is 13.7. The zero-order chi connectivity index (χ0) is 23.1. The van der Waals surface area contributed by atoms with Gasteiger partial charge in [-0.1, -0.05) is 30.3 Å². The van der Waals surface area contributed by atoms with Crippen molar-refractivity contribution in [3.63, 3.8) is 0 Å². The summed E-state index contributed by atoms with van der Waals surface area (Å²) >= 11 is 0. The predicted molar refractivity (Wildman–Crippen MR) is 129 cm³/mol. The number of benzene rings is 2. The summed E-state index contributed by atoms with van der Waals surface area (Å²) in [5.41, 5.74) is 9.51. The molecule has 2 aliphatic heterocycles. The molecule has 0 saturated carbocycles. The highest BCUT2D eigenvalue weighted by Crippen LogP contribution is 2.38. The molecule has 2 aromatic rings. The van der Waals surface area contributed by atoms with Crippen molar-refractivity contribution in [1.82, 2.24) is 4.90 Å². The van der Waals surface area contributed by atoms with E-state index < -0.39 is 23.9 Å². The molecule has 4 rings (SSSR count). The minimum Gasteiger partial charge on any atom is -0.399 e. The number of nitrogens with two attached hydrogens (primary N) is 1. The number of nitrogens with zero attached hydrogens (tertiary/aromatic N) is 2. The summed E-state index contributed by atoms with van der Waals surface area (Å²) in [6.07, 6.45) is 4.38. The Balaban J connectivity index is 1.63. The highest BCUT2D eigenvalue weighted by Gasteiger charge is 2.55. The van der Waals surface area contributed by atoms with Gasteiger partial charge in [0.2, 0.25) is 4.20 Å². The van der Waals surface area contributed by atoms with Crippen LogP contribution in [0.3, 0.4) is 0 Å². The SMILES string of the molecule is CS(=O)(=O)C(Cc1ccc(N)cc1)(N1CCC(N2CCc3ccccc32)CC1)S(C)(=O)=O. The zero-order valence-corrected chi connectivity index (χ0v) is 20.2. The number of fused-ring (bicyclic) bond motifs is 1. The summed E-state index contributed by atoms with van der Waals surface area (Å²) in [5.74, 6) is 0. The largest absolute Gasteiger partial charge is 0.399 e. The van der Waals surface area contributed by atoms with Crippen LogP contribution in [0, 0.1) is 0 Å². The van der Waals surface area contributed by atoms with Crippen molar-refractivity contribution in [2.45, 2.75) is 35.9 Å².